The molecule has 1 rings (SSSR count). The van der Waals surface area contributed by atoms with E-state index in [-0.39, 0.29) is 6.10 Å². The zero-order valence-electron chi connectivity index (χ0n) is 11.4. The van der Waals surface area contributed by atoms with Crippen LogP contribution in [0.25, 0.3) is 0 Å². The van der Waals surface area contributed by atoms with E-state index in [1.54, 1.807) is 0 Å². The van der Waals surface area contributed by atoms with Gasteiger partial charge in [0.2, 0.25) is 0 Å². The van der Waals surface area contributed by atoms with Crippen LogP contribution in [-0.2, 0) is 0 Å². The predicted octanol–water partition coefficient (Wildman–Crippen LogP) is 4.17. The van der Waals surface area contributed by atoms with Crippen molar-refractivity contribution in [2.24, 2.45) is 17.8 Å². The van der Waals surface area contributed by atoms with Gasteiger partial charge in [0, 0.05) is 0 Å². The maximum Gasteiger partial charge on any atom is 0.0602 e. The Morgan fingerprint density at radius 3 is 2.50 bits per heavy atom. The lowest BCUT2D eigenvalue weighted by Crippen LogP contribution is -2.31. The van der Waals surface area contributed by atoms with E-state index in [1.165, 1.54) is 31.3 Å². The SMILES string of the molecule is CC(C)=CC[C@@H](O)C(C)[C@H]1CCCC[C@H]1C. The second-order valence-corrected chi connectivity index (χ2v) is 5.87. The Bertz CT molecular complexity index is 228. The summed E-state index contributed by atoms with van der Waals surface area (Å²) in [5.41, 5.74) is 1.31. The predicted molar refractivity (Wildman–Crippen MR) is 70.3 cm³/mol. The fourth-order valence-corrected chi connectivity index (χ4v) is 2.98. The number of rotatable bonds is 4. The average molecular weight is 224 g/mol. The van der Waals surface area contributed by atoms with Crippen molar-refractivity contribution in [1.82, 2.24) is 0 Å². The third kappa shape index (κ3) is 3.93. The molecule has 1 nitrogen and oxygen atoms in total. The highest BCUT2D eigenvalue weighted by Gasteiger charge is 2.29. The molecule has 0 aromatic rings. The second kappa shape index (κ2) is 6.44. The maximum absolute atomic E-state index is 10.2. The van der Waals surface area contributed by atoms with Crippen LogP contribution in [0.4, 0.5) is 0 Å². The van der Waals surface area contributed by atoms with Crippen LogP contribution in [0.2, 0.25) is 0 Å². The van der Waals surface area contributed by atoms with Crippen molar-refractivity contribution in [2.75, 3.05) is 0 Å². The minimum atomic E-state index is -0.152. The van der Waals surface area contributed by atoms with E-state index in [0.29, 0.717) is 5.92 Å². The van der Waals surface area contributed by atoms with E-state index in [1.807, 2.05) is 0 Å². The molecule has 1 aliphatic rings. The molecule has 1 unspecified atom stereocenters. The van der Waals surface area contributed by atoms with Gasteiger partial charge in [-0.2, -0.15) is 0 Å². The van der Waals surface area contributed by atoms with Crippen LogP contribution in [-0.4, -0.2) is 11.2 Å². The van der Waals surface area contributed by atoms with Gasteiger partial charge in [-0.25, -0.2) is 0 Å². The molecule has 0 radical (unpaired) electrons. The molecule has 1 N–H and O–H groups in total. The fraction of sp³-hybridized carbons (Fsp3) is 0.867. The summed E-state index contributed by atoms with van der Waals surface area (Å²) in [6, 6.07) is 0. The minimum Gasteiger partial charge on any atom is -0.393 e. The Morgan fingerprint density at radius 2 is 1.94 bits per heavy atom. The van der Waals surface area contributed by atoms with E-state index in [4.69, 9.17) is 0 Å². The smallest absolute Gasteiger partial charge is 0.0602 e. The number of aliphatic hydroxyl groups is 1. The Balaban J connectivity index is 2.48. The van der Waals surface area contributed by atoms with Gasteiger partial charge in [-0.3, -0.25) is 0 Å². The normalized spacial score (nSPS) is 29.6. The number of hydrogen-bond acceptors (Lipinski definition) is 1. The highest BCUT2D eigenvalue weighted by atomic mass is 16.3. The standard InChI is InChI=1S/C15H28O/c1-11(2)9-10-15(16)13(4)14-8-6-5-7-12(14)3/h9,12-16H,5-8,10H2,1-4H3/t12-,13?,14+,15-/m1/s1. The lowest BCUT2D eigenvalue weighted by Gasteiger charge is -2.35. The Kier molecular flexibility index (Phi) is 5.54. The van der Waals surface area contributed by atoms with Gasteiger partial charge in [-0.1, -0.05) is 44.8 Å². The van der Waals surface area contributed by atoms with Crippen LogP contribution in [0.5, 0.6) is 0 Å². The van der Waals surface area contributed by atoms with Crippen LogP contribution in [0, 0.1) is 17.8 Å². The molecule has 1 fully saturated rings. The zero-order valence-corrected chi connectivity index (χ0v) is 11.4. The molecule has 1 heteroatoms. The average Bonchev–Trinajstić information content (AvgIpc) is 2.25. The second-order valence-electron chi connectivity index (χ2n) is 5.87. The molecule has 0 spiro atoms. The lowest BCUT2D eigenvalue weighted by atomic mass is 9.72. The Hall–Kier alpha value is -0.300. The van der Waals surface area contributed by atoms with Crippen molar-refractivity contribution in [2.45, 2.75) is 65.9 Å². The van der Waals surface area contributed by atoms with Gasteiger partial charge >= 0.3 is 0 Å². The summed E-state index contributed by atoms with van der Waals surface area (Å²) < 4.78 is 0. The van der Waals surface area contributed by atoms with E-state index < -0.39 is 0 Å². The first-order valence-corrected chi connectivity index (χ1v) is 6.83. The Labute approximate surface area is 101 Å². The zero-order chi connectivity index (χ0) is 12.1. The molecular formula is C15H28O. The minimum absolute atomic E-state index is 0.152. The summed E-state index contributed by atoms with van der Waals surface area (Å²) in [6.45, 7) is 8.78. The molecule has 94 valence electrons. The van der Waals surface area contributed by atoms with Crippen LogP contribution in [0.1, 0.15) is 59.8 Å². The first kappa shape index (κ1) is 13.8. The van der Waals surface area contributed by atoms with E-state index in [0.717, 1.165) is 18.3 Å². The lowest BCUT2D eigenvalue weighted by molar-refractivity contribution is 0.0498. The summed E-state index contributed by atoms with van der Waals surface area (Å²) in [4.78, 5) is 0. The largest absolute Gasteiger partial charge is 0.393 e. The first-order valence-electron chi connectivity index (χ1n) is 6.83. The van der Waals surface area contributed by atoms with Crippen molar-refractivity contribution in [3.8, 4) is 0 Å². The van der Waals surface area contributed by atoms with Gasteiger partial charge in [-0.15, -0.1) is 0 Å². The number of hydrogen-bond donors (Lipinski definition) is 1. The number of allylic oxidation sites excluding steroid dienone is 1. The molecule has 1 saturated carbocycles. The van der Waals surface area contributed by atoms with Gasteiger partial charge in [0.25, 0.3) is 0 Å². The van der Waals surface area contributed by atoms with Crippen molar-refractivity contribution < 1.29 is 5.11 Å². The van der Waals surface area contributed by atoms with Gasteiger partial charge < -0.3 is 5.11 Å². The monoisotopic (exact) mass is 224 g/mol. The van der Waals surface area contributed by atoms with E-state index >= 15 is 0 Å². The summed E-state index contributed by atoms with van der Waals surface area (Å²) in [7, 11) is 0. The molecule has 1 aliphatic carbocycles. The molecule has 0 heterocycles. The summed E-state index contributed by atoms with van der Waals surface area (Å²) in [5, 5.41) is 10.2. The highest BCUT2D eigenvalue weighted by molar-refractivity contribution is 4.95. The van der Waals surface area contributed by atoms with Crippen LogP contribution < -0.4 is 0 Å². The third-order valence-electron chi connectivity index (χ3n) is 4.23. The van der Waals surface area contributed by atoms with Gasteiger partial charge in [-0.05, 0) is 44.4 Å². The van der Waals surface area contributed by atoms with Crippen molar-refractivity contribution >= 4 is 0 Å². The first-order chi connectivity index (χ1) is 7.52. The third-order valence-corrected chi connectivity index (χ3v) is 4.23. The molecule has 16 heavy (non-hydrogen) atoms. The highest BCUT2D eigenvalue weighted by Crippen LogP contribution is 2.36. The van der Waals surface area contributed by atoms with Crippen LogP contribution >= 0.6 is 0 Å². The molecule has 0 aromatic heterocycles. The van der Waals surface area contributed by atoms with Crippen LogP contribution in [0.3, 0.4) is 0 Å². The van der Waals surface area contributed by atoms with Crippen molar-refractivity contribution in [1.29, 1.82) is 0 Å². The molecule has 0 aliphatic heterocycles. The van der Waals surface area contributed by atoms with E-state index in [2.05, 4.69) is 33.8 Å². The molecule has 0 bridgehead atoms. The molecular weight excluding hydrogens is 196 g/mol. The summed E-state index contributed by atoms with van der Waals surface area (Å²) >= 11 is 0. The van der Waals surface area contributed by atoms with Crippen molar-refractivity contribution in [3.05, 3.63) is 11.6 Å². The Morgan fingerprint density at radius 1 is 1.31 bits per heavy atom. The van der Waals surface area contributed by atoms with Gasteiger partial charge in [0.1, 0.15) is 0 Å². The van der Waals surface area contributed by atoms with Crippen LogP contribution in [0.15, 0.2) is 11.6 Å². The van der Waals surface area contributed by atoms with Gasteiger partial charge in [0.05, 0.1) is 6.10 Å². The molecule has 0 amide bonds. The van der Waals surface area contributed by atoms with Gasteiger partial charge in [0.15, 0.2) is 0 Å². The fourth-order valence-electron chi connectivity index (χ4n) is 2.98. The van der Waals surface area contributed by atoms with E-state index in [9.17, 15) is 5.11 Å². The molecule has 0 saturated heterocycles. The quantitative estimate of drug-likeness (QED) is 0.711. The van der Waals surface area contributed by atoms with Crippen molar-refractivity contribution in [3.63, 3.8) is 0 Å². The summed E-state index contributed by atoms with van der Waals surface area (Å²) in [5.74, 6) is 1.98. The maximum atomic E-state index is 10.2. The topological polar surface area (TPSA) is 20.2 Å². The molecule has 4 atom stereocenters. The summed E-state index contributed by atoms with van der Waals surface area (Å²) in [6.07, 6.45) is 8.24. The molecule has 0 aromatic carbocycles. The number of aliphatic hydroxyl groups excluding tert-OH is 1.